The van der Waals surface area contributed by atoms with E-state index in [1.165, 1.54) is 30.3 Å². The minimum absolute atomic E-state index is 0.00367. The van der Waals surface area contributed by atoms with Gasteiger partial charge in [-0.05, 0) is 49.2 Å². The fourth-order valence-electron chi connectivity index (χ4n) is 3.52. The monoisotopic (exact) mass is 443 g/mol. The molecule has 1 saturated carbocycles. The molecule has 1 aliphatic heterocycles. The number of hydrogen-bond donors (Lipinski definition) is 3. The van der Waals surface area contributed by atoms with Crippen molar-refractivity contribution in [1.82, 2.24) is 4.72 Å². The fourth-order valence-corrected chi connectivity index (χ4v) is 6.13. The maximum Gasteiger partial charge on any atom is 0.262 e. The molecule has 8 nitrogen and oxygen atoms in total. The van der Waals surface area contributed by atoms with E-state index in [1.807, 2.05) is 0 Å². The third-order valence-corrected chi connectivity index (χ3v) is 8.04. The minimum Gasteiger partial charge on any atom is -0.321 e. The average molecular weight is 444 g/mol. The summed E-state index contributed by atoms with van der Waals surface area (Å²) in [5.74, 6) is -0.279. The Morgan fingerprint density at radius 3 is 2.43 bits per heavy atom. The third-order valence-electron chi connectivity index (χ3n) is 5.08. The highest BCUT2D eigenvalue weighted by atomic mass is 32.2. The van der Waals surface area contributed by atoms with E-state index >= 15 is 0 Å². The van der Waals surface area contributed by atoms with Crippen molar-refractivity contribution >= 4 is 48.1 Å². The summed E-state index contributed by atoms with van der Waals surface area (Å²) in [5, 5.41) is 3.68. The van der Waals surface area contributed by atoms with Gasteiger partial charge in [-0.2, -0.15) is 0 Å². The van der Waals surface area contributed by atoms with Crippen molar-refractivity contribution in [2.45, 2.75) is 28.7 Å². The first-order chi connectivity index (χ1) is 14.2. The van der Waals surface area contributed by atoms with E-state index in [1.54, 1.807) is 24.3 Å². The van der Waals surface area contributed by atoms with Crippen molar-refractivity contribution in [2.75, 3.05) is 10.0 Å². The zero-order chi connectivity index (χ0) is 21.1. The van der Waals surface area contributed by atoms with Crippen LogP contribution in [-0.2, 0) is 20.0 Å². The van der Waals surface area contributed by atoms with Crippen molar-refractivity contribution in [3.63, 3.8) is 0 Å². The van der Waals surface area contributed by atoms with Gasteiger partial charge in [-0.25, -0.2) is 21.6 Å². The number of rotatable bonds is 6. The summed E-state index contributed by atoms with van der Waals surface area (Å²) >= 11 is 0. The topological polar surface area (TPSA) is 121 Å². The summed E-state index contributed by atoms with van der Waals surface area (Å²) in [6, 6.07) is 13.5. The van der Waals surface area contributed by atoms with E-state index in [0.29, 0.717) is 22.0 Å². The fraction of sp³-hybridized carbons (Fsp3) is 0.150. The molecule has 0 bridgehead atoms. The van der Waals surface area contributed by atoms with Crippen molar-refractivity contribution in [3.8, 4) is 0 Å². The molecule has 2 aliphatic rings. The molecule has 0 aromatic heterocycles. The Morgan fingerprint density at radius 1 is 0.900 bits per heavy atom. The van der Waals surface area contributed by atoms with E-state index in [-0.39, 0.29) is 27.4 Å². The SMILES string of the molecule is O=C1Nc2ccc(S(=O)(=O)Nc3cccc(S(=O)(=O)NC4CC4)c3)c3cccc1c23. The molecule has 1 amide bonds. The zero-order valence-corrected chi connectivity index (χ0v) is 17.2. The lowest BCUT2D eigenvalue weighted by molar-refractivity contribution is 0.103. The molecule has 0 saturated heterocycles. The highest BCUT2D eigenvalue weighted by Gasteiger charge is 2.29. The molecule has 154 valence electrons. The van der Waals surface area contributed by atoms with Crippen LogP contribution in [-0.4, -0.2) is 28.8 Å². The van der Waals surface area contributed by atoms with E-state index < -0.39 is 20.0 Å². The molecule has 0 atom stereocenters. The lowest BCUT2D eigenvalue weighted by atomic mass is 10.1. The Hall–Kier alpha value is -2.95. The van der Waals surface area contributed by atoms with Crippen molar-refractivity contribution in [2.24, 2.45) is 0 Å². The van der Waals surface area contributed by atoms with Crippen LogP contribution in [0.25, 0.3) is 10.8 Å². The van der Waals surface area contributed by atoms with Crippen LogP contribution >= 0.6 is 0 Å². The number of carbonyl (C=O) groups is 1. The highest BCUT2D eigenvalue weighted by Crippen LogP contribution is 2.37. The zero-order valence-electron chi connectivity index (χ0n) is 15.5. The first-order valence-corrected chi connectivity index (χ1v) is 12.2. The largest absolute Gasteiger partial charge is 0.321 e. The van der Waals surface area contributed by atoms with Gasteiger partial charge in [-0.15, -0.1) is 0 Å². The molecule has 0 radical (unpaired) electrons. The van der Waals surface area contributed by atoms with Gasteiger partial charge in [0.05, 0.1) is 15.5 Å². The Bertz CT molecular complexity index is 1430. The number of nitrogens with one attached hydrogen (secondary N) is 3. The van der Waals surface area contributed by atoms with E-state index in [2.05, 4.69) is 14.8 Å². The first kappa shape index (κ1) is 19.0. The number of benzene rings is 3. The van der Waals surface area contributed by atoms with Gasteiger partial charge in [0.25, 0.3) is 15.9 Å². The molecule has 1 fully saturated rings. The smallest absolute Gasteiger partial charge is 0.262 e. The molecule has 0 unspecified atom stereocenters. The first-order valence-electron chi connectivity index (χ1n) is 9.27. The van der Waals surface area contributed by atoms with Crippen molar-refractivity contribution in [3.05, 3.63) is 60.2 Å². The van der Waals surface area contributed by atoms with Gasteiger partial charge in [0.2, 0.25) is 10.0 Å². The van der Waals surface area contributed by atoms with Crippen molar-refractivity contribution in [1.29, 1.82) is 0 Å². The number of amides is 1. The highest BCUT2D eigenvalue weighted by molar-refractivity contribution is 7.93. The van der Waals surface area contributed by atoms with Gasteiger partial charge in [0.1, 0.15) is 0 Å². The predicted octanol–water partition coefficient (Wildman–Crippen LogP) is 2.65. The quantitative estimate of drug-likeness (QED) is 0.541. The second kappa shape index (κ2) is 6.53. The number of hydrogen-bond acceptors (Lipinski definition) is 5. The molecule has 0 spiro atoms. The van der Waals surface area contributed by atoms with Crippen LogP contribution in [0.15, 0.2) is 64.4 Å². The van der Waals surface area contributed by atoms with Crippen LogP contribution in [0, 0.1) is 0 Å². The molecular weight excluding hydrogens is 426 g/mol. The number of anilines is 2. The summed E-state index contributed by atoms with van der Waals surface area (Å²) in [5.41, 5.74) is 1.11. The maximum absolute atomic E-state index is 13.1. The second-order valence-corrected chi connectivity index (χ2v) is 10.7. The van der Waals surface area contributed by atoms with Crippen LogP contribution in [0.3, 0.4) is 0 Å². The van der Waals surface area contributed by atoms with Gasteiger partial charge in [0.15, 0.2) is 0 Å². The second-order valence-electron chi connectivity index (χ2n) is 7.32. The molecule has 3 N–H and O–H groups in total. The molecule has 3 aromatic carbocycles. The van der Waals surface area contributed by atoms with Crippen LogP contribution in [0.2, 0.25) is 0 Å². The van der Waals surface area contributed by atoms with Crippen LogP contribution in [0.4, 0.5) is 11.4 Å². The van der Waals surface area contributed by atoms with Gasteiger partial charge >= 0.3 is 0 Å². The number of carbonyl (C=O) groups excluding carboxylic acids is 1. The van der Waals surface area contributed by atoms with Crippen LogP contribution < -0.4 is 14.8 Å². The summed E-state index contributed by atoms with van der Waals surface area (Å²) < 4.78 is 56.1. The standard InChI is InChI=1S/C20H17N3O5S2/c24-20-16-6-2-5-15-18(10-9-17(21-20)19(15)16)30(27,28)23-13-3-1-4-14(11-13)29(25,26)22-12-7-8-12/h1-6,9-12,22-23H,7-8H2,(H,21,24). The summed E-state index contributed by atoms with van der Waals surface area (Å²) in [4.78, 5) is 12.1. The molecule has 1 heterocycles. The molecule has 1 aliphatic carbocycles. The molecule has 5 rings (SSSR count). The molecular formula is C20H17N3O5S2. The number of sulfonamides is 2. The van der Waals surface area contributed by atoms with Gasteiger partial charge in [-0.1, -0.05) is 18.2 Å². The van der Waals surface area contributed by atoms with Crippen LogP contribution in [0.1, 0.15) is 23.2 Å². The van der Waals surface area contributed by atoms with Crippen LogP contribution in [0.5, 0.6) is 0 Å². The molecule has 10 heteroatoms. The van der Waals surface area contributed by atoms with Gasteiger partial charge in [0, 0.05) is 28.1 Å². The van der Waals surface area contributed by atoms with E-state index in [4.69, 9.17) is 0 Å². The van der Waals surface area contributed by atoms with Gasteiger partial charge < -0.3 is 5.32 Å². The normalized spacial score (nSPS) is 15.9. The Labute approximate surface area is 173 Å². The molecule has 30 heavy (non-hydrogen) atoms. The lowest BCUT2D eigenvalue weighted by Crippen LogP contribution is -2.25. The predicted molar refractivity (Wildman–Crippen MR) is 112 cm³/mol. The average Bonchev–Trinajstić information content (AvgIpc) is 3.44. The van der Waals surface area contributed by atoms with E-state index in [9.17, 15) is 21.6 Å². The lowest BCUT2D eigenvalue weighted by Gasteiger charge is -2.12. The van der Waals surface area contributed by atoms with Gasteiger partial charge in [-0.3, -0.25) is 9.52 Å². The van der Waals surface area contributed by atoms with Crippen molar-refractivity contribution < 1.29 is 21.6 Å². The molecule has 3 aromatic rings. The Balaban J connectivity index is 1.53. The van der Waals surface area contributed by atoms with E-state index in [0.717, 1.165) is 12.8 Å². The third kappa shape index (κ3) is 3.22. The summed E-state index contributed by atoms with van der Waals surface area (Å²) in [6.45, 7) is 0. The summed E-state index contributed by atoms with van der Waals surface area (Å²) in [6.07, 6.45) is 1.60. The summed E-state index contributed by atoms with van der Waals surface area (Å²) in [7, 11) is -7.75. The maximum atomic E-state index is 13.1. The Morgan fingerprint density at radius 2 is 1.67 bits per heavy atom. The minimum atomic E-state index is -4.04. The Kier molecular flexibility index (Phi) is 4.14.